The second-order valence-electron chi connectivity index (χ2n) is 13.1. The number of hydrogen-bond acceptors (Lipinski definition) is 3. The summed E-state index contributed by atoms with van der Waals surface area (Å²) in [6.07, 6.45) is 12.7. The first-order valence-corrected chi connectivity index (χ1v) is 13.1. The summed E-state index contributed by atoms with van der Waals surface area (Å²) in [6.45, 7) is 14.9. The van der Waals surface area contributed by atoms with E-state index in [0.29, 0.717) is 28.8 Å². The van der Waals surface area contributed by atoms with Crippen LogP contribution in [0.2, 0.25) is 0 Å². The average molecular weight is 431 g/mol. The predicted octanol–water partition coefficient (Wildman–Crippen LogP) is 5.35. The van der Waals surface area contributed by atoms with E-state index in [2.05, 4.69) is 85.1 Å². The summed E-state index contributed by atoms with van der Waals surface area (Å²) in [5.41, 5.74) is 0.873. The molecule has 0 saturated heterocycles. The minimum absolute atomic E-state index is 0.0569. The van der Waals surface area contributed by atoms with Crippen LogP contribution < -0.4 is 5.32 Å². The number of allylic oxidation sites excluding steroid dienone is 2. The molecule has 3 saturated carbocycles. The molecule has 0 radical (unpaired) electrons. The Morgan fingerprint density at radius 2 is 1.68 bits per heavy atom. The minimum Gasteiger partial charge on any atom is -0.393 e. The van der Waals surface area contributed by atoms with Crippen molar-refractivity contribution in [2.24, 2.45) is 45.3 Å². The molecule has 0 aromatic heterocycles. The molecule has 2 N–H and O–H groups in total. The monoisotopic (exact) mass is 430 g/mol. The molecule has 0 unspecified atom stereocenters. The highest BCUT2D eigenvalue weighted by Gasteiger charge is 2.69. The van der Waals surface area contributed by atoms with Gasteiger partial charge < -0.3 is 15.3 Å². The lowest BCUT2D eigenvalue weighted by molar-refractivity contribution is -0.150. The third-order valence-corrected chi connectivity index (χ3v) is 11.9. The Kier molecular flexibility index (Phi) is 5.80. The maximum Gasteiger partial charge on any atom is 0.0597 e. The van der Waals surface area contributed by atoms with Crippen LogP contribution in [0.5, 0.6) is 0 Å². The Morgan fingerprint density at radius 3 is 2.26 bits per heavy atom. The molecule has 3 nitrogen and oxygen atoms in total. The highest BCUT2D eigenvalue weighted by atomic mass is 16.3. The van der Waals surface area contributed by atoms with E-state index in [1.54, 1.807) is 0 Å². The lowest BCUT2D eigenvalue weighted by Gasteiger charge is -2.67. The molecule has 0 aliphatic heterocycles. The molecule has 0 aromatic carbocycles. The van der Waals surface area contributed by atoms with E-state index < -0.39 is 0 Å². The molecule has 4 rings (SSSR count). The zero-order chi connectivity index (χ0) is 23.0. The summed E-state index contributed by atoms with van der Waals surface area (Å²) in [6, 6.07) is 1.01. The van der Waals surface area contributed by atoms with Crippen molar-refractivity contribution in [3.8, 4) is 0 Å². The summed E-state index contributed by atoms with van der Waals surface area (Å²) >= 11 is 0. The zero-order valence-electron chi connectivity index (χ0n) is 21.8. The molecular weight excluding hydrogens is 380 g/mol. The topological polar surface area (TPSA) is 35.5 Å². The van der Waals surface area contributed by atoms with Crippen molar-refractivity contribution in [3.63, 3.8) is 0 Å². The predicted molar refractivity (Wildman–Crippen MR) is 131 cm³/mol. The Morgan fingerprint density at radius 1 is 1.03 bits per heavy atom. The van der Waals surface area contributed by atoms with Gasteiger partial charge in [0.05, 0.1) is 6.10 Å². The highest BCUT2D eigenvalue weighted by molar-refractivity contribution is 5.30. The van der Waals surface area contributed by atoms with Crippen LogP contribution in [0, 0.1) is 45.3 Å². The van der Waals surface area contributed by atoms with Crippen LogP contribution in [-0.4, -0.2) is 49.3 Å². The van der Waals surface area contributed by atoms with Gasteiger partial charge >= 0.3 is 0 Å². The van der Waals surface area contributed by atoms with E-state index >= 15 is 0 Å². The van der Waals surface area contributed by atoms with Crippen molar-refractivity contribution < 1.29 is 5.11 Å². The molecule has 3 fully saturated rings. The molecule has 10 atom stereocenters. The maximum atomic E-state index is 11.3. The van der Waals surface area contributed by atoms with Crippen molar-refractivity contribution in [2.75, 3.05) is 21.1 Å². The second-order valence-corrected chi connectivity index (χ2v) is 13.1. The van der Waals surface area contributed by atoms with Gasteiger partial charge in [-0.25, -0.2) is 0 Å². The third-order valence-electron chi connectivity index (χ3n) is 11.9. The Balaban J connectivity index is 1.78. The van der Waals surface area contributed by atoms with Crippen LogP contribution in [0.25, 0.3) is 0 Å². The lowest BCUT2D eigenvalue weighted by Crippen LogP contribution is -2.62. The van der Waals surface area contributed by atoms with Gasteiger partial charge in [0.1, 0.15) is 0 Å². The largest absolute Gasteiger partial charge is 0.393 e. The maximum absolute atomic E-state index is 11.3. The normalized spacial score (nSPS) is 51.8. The van der Waals surface area contributed by atoms with Crippen molar-refractivity contribution in [2.45, 2.75) is 98.3 Å². The molecule has 178 valence electrons. The van der Waals surface area contributed by atoms with E-state index in [0.717, 1.165) is 18.3 Å². The molecule has 3 heteroatoms. The van der Waals surface area contributed by atoms with E-state index in [9.17, 15) is 5.11 Å². The van der Waals surface area contributed by atoms with Gasteiger partial charge in [0.25, 0.3) is 0 Å². The number of nitrogens with one attached hydrogen (secondary N) is 1. The molecular formula is C28H50N2O. The first kappa shape index (κ1) is 23.8. The molecule has 0 bridgehead atoms. The van der Waals surface area contributed by atoms with Crippen LogP contribution >= 0.6 is 0 Å². The number of fused-ring (bicyclic) bond motifs is 5. The van der Waals surface area contributed by atoms with Crippen LogP contribution in [0.4, 0.5) is 0 Å². The molecule has 0 heterocycles. The summed E-state index contributed by atoms with van der Waals surface area (Å²) in [5.74, 6) is 2.53. The van der Waals surface area contributed by atoms with Gasteiger partial charge in [-0.05, 0) is 106 Å². The van der Waals surface area contributed by atoms with E-state index in [4.69, 9.17) is 0 Å². The lowest BCUT2D eigenvalue weighted by atomic mass is 9.38. The molecule has 4 aliphatic carbocycles. The van der Waals surface area contributed by atoms with Gasteiger partial charge in [-0.15, -0.1) is 0 Å². The fourth-order valence-corrected chi connectivity index (χ4v) is 10.2. The molecule has 31 heavy (non-hydrogen) atoms. The zero-order valence-corrected chi connectivity index (χ0v) is 21.8. The Bertz CT molecular complexity index is 716. The number of nitrogens with zero attached hydrogens (tertiary/aromatic N) is 1. The summed E-state index contributed by atoms with van der Waals surface area (Å²) in [7, 11) is 6.61. The second kappa shape index (κ2) is 7.57. The van der Waals surface area contributed by atoms with Crippen molar-refractivity contribution in [1.82, 2.24) is 10.2 Å². The van der Waals surface area contributed by atoms with Gasteiger partial charge in [-0.1, -0.05) is 46.8 Å². The highest BCUT2D eigenvalue weighted by Crippen LogP contribution is 2.73. The van der Waals surface area contributed by atoms with Crippen LogP contribution in [0.3, 0.4) is 0 Å². The van der Waals surface area contributed by atoms with Crippen LogP contribution in [-0.2, 0) is 0 Å². The van der Waals surface area contributed by atoms with Crippen molar-refractivity contribution in [3.05, 3.63) is 12.2 Å². The van der Waals surface area contributed by atoms with Crippen molar-refractivity contribution >= 4 is 0 Å². The SMILES string of the molecule is CC[C@@]12C=C[C@]3(C)[C@@H]([C@H](C)NC)[C@H](O)C[C@@]3(C)[C@@H]1CC[C@@H]1[C@H]2CC[C@@H](N(C)C)C1(C)C. The fourth-order valence-electron chi connectivity index (χ4n) is 10.2. The van der Waals surface area contributed by atoms with Crippen LogP contribution in [0.1, 0.15) is 80.1 Å². The molecule has 0 spiro atoms. The van der Waals surface area contributed by atoms with Crippen LogP contribution in [0.15, 0.2) is 12.2 Å². The minimum atomic E-state index is -0.214. The van der Waals surface area contributed by atoms with Gasteiger partial charge in [0.2, 0.25) is 0 Å². The van der Waals surface area contributed by atoms with Crippen molar-refractivity contribution in [1.29, 1.82) is 0 Å². The summed E-state index contributed by atoms with van der Waals surface area (Å²) in [5, 5.41) is 14.8. The van der Waals surface area contributed by atoms with E-state index in [1.807, 2.05) is 0 Å². The fraction of sp³-hybridized carbons (Fsp3) is 0.929. The number of aliphatic hydroxyl groups excluding tert-OH is 1. The smallest absolute Gasteiger partial charge is 0.0597 e. The van der Waals surface area contributed by atoms with Gasteiger partial charge in [0, 0.05) is 18.0 Å². The first-order valence-electron chi connectivity index (χ1n) is 13.1. The summed E-state index contributed by atoms with van der Waals surface area (Å²) in [4.78, 5) is 2.49. The quantitative estimate of drug-likeness (QED) is 0.590. The first-order chi connectivity index (χ1) is 14.4. The molecule has 4 aliphatic rings. The number of aliphatic hydroxyl groups is 1. The number of hydrogen-bond donors (Lipinski definition) is 2. The third kappa shape index (κ3) is 2.94. The average Bonchev–Trinajstić information content (AvgIpc) is 2.91. The number of rotatable bonds is 4. The van der Waals surface area contributed by atoms with Gasteiger partial charge in [0.15, 0.2) is 0 Å². The van der Waals surface area contributed by atoms with Gasteiger partial charge in [-0.3, -0.25) is 0 Å². The molecule has 0 amide bonds. The molecule has 0 aromatic rings. The Labute approximate surface area is 192 Å². The van der Waals surface area contributed by atoms with Gasteiger partial charge in [-0.2, -0.15) is 0 Å². The van der Waals surface area contributed by atoms with E-state index in [1.165, 1.54) is 32.1 Å². The Hall–Kier alpha value is -0.380. The van der Waals surface area contributed by atoms with E-state index in [-0.39, 0.29) is 22.9 Å². The summed E-state index contributed by atoms with van der Waals surface area (Å²) < 4.78 is 0. The standard InChI is InChI=1S/C28H50N2O/c1-10-28-16-15-26(5)24(18(2)29-7)21(31)17-27(26,6)22(28)13-11-19-20(28)12-14-23(30(8)9)25(19,3)4/h15-16,18-24,29,31H,10-14,17H2,1-9H3/t18-,19+,20+,21+,22-,23+,24-,26+,27-,28-/m0/s1.